The maximum absolute atomic E-state index is 13.7. The fourth-order valence-corrected chi connectivity index (χ4v) is 3.73. The van der Waals surface area contributed by atoms with Gasteiger partial charge in [-0.25, -0.2) is 4.90 Å². The molecule has 0 aromatic heterocycles. The highest BCUT2D eigenvalue weighted by atomic mass is 16.5. The Morgan fingerprint density at radius 2 is 1.32 bits per heavy atom. The number of rotatable bonds is 8. The Morgan fingerprint density at radius 1 is 0.676 bits per heavy atom. The molecule has 0 bridgehead atoms. The number of carbonyl (C=O) groups excluding carboxylic acids is 2. The van der Waals surface area contributed by atoms with Crippen molar-refractivity contribution in [1.82, 2.24) is 0 Å². The lowest BCUT2D eigenvalue weighted by Gasteiger charge is -2.19. The van der Waals surface area contributed by atoms with Gasteiger partial charge in [0, 0.05) is 30.0 Å². The second-order valence-corrected chi connectivity index (χ2v) is 7.33. The van der Waals surface area contributed by atoms with Gasteiger partial charge in [0.05, 0.1) is 39.7 Å². The van der Waals surface area contributed by atoms with E-state index in [4.69, 9.17) is 18.9 Å². The number of nitrogens with one attached hydrogen (secondary N) is 1. The van der Waals surface area contributed by atoms with E-state index in [1.54, 1.807) is 60.7 Å². The van der Waals surface area contributed by atoms with Crippen molar-refractivity contribution in [3.8, 4) is 23.0 Å². The summed E-state index contributed by atoms with van der Waals surface area (Å²) in [6.07, 6.45) is 0. The summed E-state index contributed by atoms with van der Waals surface area (Å²) in [6.45, 7) is 0. The number of amides is 2. The monoisotopic (exact) mass is 460 g/mol. The van der Waals surface area contributed by atoms with E-state index in [9.17, 15) is 9.59 Å². The van der Waals surface area contributed by atoms with Crippen molar-refractivity contribution in [1.29, 1.82) is 0 Å². The Bertz CT molecular complexity index is 1250. The zero-order chi connectivity index (χ0) is 24.2. The summed E-state index contributed by atoms with van der Waals surface area (Å²) < 4.78 is 21.4. The topological polar surface area (TPSA) is 86.3 Å². The van der Waals surface area contributed by atoms with Crippen LogP contribution < -0.4 is 29.2 Å². The molecule has 174 valence electrons. The maximum Gasteiger partial charge on any atom is 0.282 e. The summed E-state index contributed by atoms with van der Waals surface area (Å²) in [6, 6.07) is 19.1. The van der Waals surface area contributed by atoms with Crippen LogP contribution in [0.5, 0.6) is 23.0 Å². The van der Waals surface area contributed by atoms with Crippen molar-refractivity contribution >= 4 is 28.8 Å². The minimum atomic E-state index is -0.530. The first kappa shape index (κ1) is 22.7. The summed E-state index contributed by atoms with van der Waals surface area (Å²) in [7, 11) is 6.06. The van der Waals surface area contributed by atoms with Crippen LogP contribution in [0.4, 0.5) is 11.4 Å². The predicted molar refractivity (Wildman–Crippen MR) is 129 cm³/mol. The fourth-order valence-electron chi connectivity index (χ4n) is 3.73. The molecule has 8 nitrogen and oxygen atoms in total. The number of hydrogen-bond donors (Lipinski definition) is 1. The Kier molecular flexibility index (Phi) is 6.40. The van der Waals surface area contributed by atoms with Crippen LogP contribution in [0.25, 0.3) is 5.57 Å². The Morgan fingerprint density at radius 3 is 1.91 bits per heavy atom. The lowest BCUT2D eigenvalue weighted by atomic mass is 10.0. The van der Waals surface area contributed by atoms with E-state index in [0.717, 1.165) is 4.90 Å². The molecule has 1 aliphatic rings. The average molecular weight is 460 g/mol. The van der Waals surface area contributed by atoms with Crippen molar-refractivity contribution in [2.24, 2.45) is 0 Å². The van der Waals surface area contributed by atoms with Crippen LogP contribution in [0.15, 0.2) is 72.4 Å². The van der Waals surface area contributed by atoms with Gasteiger partial charge in [0.1, 0.15) is 28.7 Å². The molecule has 0 saturated heterocycles. The van der Waals surface area contributed by atoms with E-state index >= 15 is 0 Å². The van der Waals surface area contributed by atoms with Gasteiger partial charge >= 0.3 is 0 Å². The van der Waals surface area contributed by atoms with Gasteiger partial charge in [0.2, 0.25) is 0 Å². The van der Waals surface area contributed by atoms with E-state index in [0.29, 0.717) is 34.2 Å². The molecule has 0 atom stereocenters. The normalized spacial score (nSPS) is 13.2. The first-order valence-corrected chi connectivity index (χ1v) is 10.4. The van der Waals surface area contributed by atoms with E-state index < -0.39 is 11.8 Å². The molecule has 0 aliphatic carbocycles. The molecule has 1 N–H and O–H groups in total. The third kappa shape index (κ3) is 4.13. The number of nitrogens with zero attached hydrogens (tertiary/aromatic N) is 1. The van der Waals surface area contributed by atoms with Crippen LogP contribution in [-0.4, -0.2) is 40.3 Å². The Labute approximate surface area is 197 Å². The highest BCUT2D eigenvalue weighted by Crippen LogP contribution is 2.40. The van der Waals surface area contributed by atoms with Crippen LogP contribution in [0.1, 0.15) is 5.56 Å². The first-order valence-electron chi connectivity index (χ1n) is 10.4. The first-order chi connectivity index (χ1) is 16.5. The van der Waals surface area contributed by atoms with Gasteiger partial charge in [-0.2, -0.15) is 0 Å². The summed E-state index contributed by atoms with van der Waals surface area (Å²) in [5, 5.41) is 3.12. The lowest BCUT2D eigenvalue weighted by molar-refractivity contribution is -0.120. The third-order valence-electron chi connectivity index (χ3n) is 5.39. The minimum absolute atomic E-state index is 0.122. The Hall–Kier alpha value is -4.46. The number of carbonyl (C=O) groups is 2. The molecule has 34 heavy (non-hydrogen) atoms. The van der Waals surface area contributed by atoms with Crippen LogP contribution in [0.3, 0.4) is 0 Å². The molecule has 3 aromatic rings. The fraction of sp³-hybridized carbons (Fsp3) is 0.154. The molecule has 4 rings (SSSR count). The lowest BCUT2D eigenvalue weighted by Crippen LogP contribution is -2.32. The van der Waals surface area contributed by atoms with Crippen molar-refractivity contribution in [2.45, 2.75) is 0 Å². The van der Waals surface area contributed by atoms with E-state index in [2.05, 4.69) is 5.32 Å². The van der Waals surface area contributed by atoms with Gasteiger partial charge in [-0.05, 0) is 17.7 Å². The zero-order valence-electron chi connectivity index (χ0n) is 19.2. The van der Waals surface area contributed by atoms with Crippen molar-refractivity contribution < 1.29 is 28.5 Å². The molecule has 0 saturated carbocycles. The minimum Gasteiger partial charge on any atom is -0.497 e. The van der Waals surface area contributed by atoms with Crippen molar-refractivity contribution in [2.75, 3.05) is 38.7 Å². The summed E-state index contributed by atoms with van der Waals surface area (Å²) >= 11 is 0. The molecule has 2 amide bonds. The molecular formula is C26H24N2O6. The van der Waals surface area contributed by atoms with E-state index in [1.165, 1.54) is 28.4 Å². The number of imide groups is 1. The van der Waals surface area contributed by atoms with E-state index in [-0.39, 0.29) is 17.0 Å². The summed E-state index contributed by atoms with van der Waals surface area (Å²) in [5.74, 6) is 0.895. The maximum atomic E-state index is 13.7. The number of methoxy groups -OCH3 is 4. The van der Waals surface area contributed by atoms with Gasteiger partial charge in [-0.15, -0.1) is 0 Å². The van der Waals surface area contributed by atoms with Gasteiger partial charge in [0.15, 0.2) is 0 Å². The average Bonchev–Trinajstić information content (AvgIpc) is 3.12. The van der Waals surface area contributed by atoms with Crippen molar-refractivity contribution in [3.63, 3.8) is 0 Å². The second kappa shape index (κ2) is 9.58. The van der Waals surface area contributed by atoms with Gasteiger partial charge in [0.25, 0.3) is 11.8 Å². The zero-order valence-corrected chi connectivity index (χ0v) is 19.2. The molecule has 0 spiro atoms. The molecule has 3 aromatic carbocycles. The van der Waals surface area contributed by atoms with Gasteiger partial charge in [-0.3, -0.25) is 9.59 Å². The number of ether oxygens (including phenoxy) is 4. The molecule has 1 aliphatic heterocycles. The highest BCUT2D eigenvalue weighted by Gasteiger charge is 2.41. The quantitative estimate of drug-likeness (QED) is 0.506. The van der Waals surface area contributed by atoms with Crippen LogP contribution >= 0.6 is 0 Å². The summed E-state index contributed by atoms with van der Waals surface area (Å²) in [4.78, 5) is 28.5. The summed E-state index contributed by atoms with van der Waals surface area (Å²) in [5.41, 5.74) is 1.77. The highest BCUT2D eigenvalue weighted by molar-refractivity contribution is 6.46. The molecular weight excluding hydrogens is 436 g/mol. The molecule has 1 heterocycles. The van der Waals surface area contributed by atoms with Crippen LogP contribution in [0, 0.1) is 0 Å². The van der Waals surface area contributed by atoms with Crippen LogP contribution in [0.2, 0.25) is 0 Å². The molecule has 0 fully saturated rings. The van der Waals surface area contributed by atoms with E-state index in [1.807, 2.05) is 6.07 Å². The SMILES string of the molecule is COc1cc(NC2=C(c3ccccc3)C(=O)N(c3cc(OC)ccc3OC)C2=O)cc(OC)c1. The second-order valence-electron chi connectivity index (χ2n) is 7.33. The van der Waals surface area contributed by atoms with Gasteiger partial charge < -0.3 is 24.3 Å². The van der Waals surface area contributed by atoms with Gasteiger partial charge in [-0.1, -0.05) is 30.3 Å². The molecule has 0 unspecified atom stereocenters. The number of benzene rings is 3. The van der Waals surface area contributed by atoms with Crippen molar-refractivity contribution in [3.05, 3.63) is 78.0 Å². The Balaban J connectivity index is 1.85. The standard InChI is InChI=1S/C26H24N2O6/c1-31-18-10-11-22(34-4)21(15-18)28-25(29)23(16-8-6-5-7-9-16)24(26(28)30)27-17-12-19(32-2)14-20(13-17)33-3/h5-15,27H,1-4H3. The van der Waals surface area contributed by atoms with Crippen LogP contribution in [-0.2, 0) is 9.59 Å². The molecule has 8 heteroatoms. The smallest absolute Gasteiger partial charge is 0.282 e. The number of anilines is 2. The number of hydrogen-bond acceptors (Lipinski definition) is 7. The largest absolute Gasteiger partial charge is 0.497 e. The predicted octanol–water partition coefficient (Wildman–Crippen LogP) is 4.12. The third-order valence-corrected chi connectivity index (χ3v) is 5.39. The molecule has 0 radical (unpaired) electrons.